The zero-order chi connectivity index (χ0) is 16.3. The molecule has 0 unspecified atom stereocenters. The van der Waals surface area contributed by atoms with E-state index < -0.39 is 10.1 Å². The molecule has 2 aromatic rings. The van der Waals surface area contributed by atoms with Crippen LogP contribution < -0.4 is 8.92 Å². The number of methoxy groups -OCH3 is 1. The lowest BCUT2D eigenvalue weighted by Gasteiger charge is -2.12. The first-order valence-electron chi connectivity index (χ1n) is 5.85. The lowest BCUT2D eigenvalue weighted by molar-refractivity contribution is 0.390. The van der Waals surface area contributed by atoms with Crippen LogP contribution in [0, 0.1) is 11.3 Å². The maximum absolute atomic E-state index is 12.4. The predicted molar refractivity (Wildman–Crippen MR) is 87.4 cm³/mol. The summed E-state index contributed by atoms with van der Waals surface area (Å²) in [5, 5.41) is 8.85. The van der Waals surface area contributed by atoms with E-state index in [1.807, 2.05) is 6.07 Å². The highest BCUT2D eigenvalue weighted by Gasteiger charge is 2.22. The topological polar surface area (TPSA) is 76.4 Å². The SMILES string of the molecule is COc1cc(C#N)ccc1OS(=O)(=O)c1cc(Br)ccc1Br. The Hall–Kier alpha value is -1.56. The Balaban J connectivity index is 2.45. The minimum absolute atomic E-state index is 0.00776. The normalized spacial score (nSPS) is 10.8. The summed E-state index contributed by atoms with van der Waals surface area (Å²) in [6.45, 7) is 0. The first kappa shape index (κ1) is 16.8. The van der Waals surface area contributed by atoms with Crippen molar-refractivity contribution in [3.63, 3.8) is 0 Å². The van der Waals surface area contributed by atoms with Crippen LogP contribution in [0.3, 0.4) is 0 Å². The molecule has 2 aromatic carbocycles. The van der Waals surface area contributed by atoms with Crippen LogP contribution in [0.5, 0.6) is 11.5 Å². The predicted octanol–water partition coefficient (Wildman–Crippen LogP) is 3.86. The van der Waals surface area contributed by atoms with Gasteiger partial charge in [0.05, 0.1) is 18.7 Å². The van der Waals surface area contributed by atoms with Gasteiger partial charge in [0.1, 0.15) is 4.90 Å². The minimum Gasteiger partial charge on any atom is -0.493 e. The fourth-order valence-corrected chi connectivity index (χ4v) is 4.03. The molecule has 0 aromatic heterocycles. The second-order valence-corrected chi connectivity index (χ2v) is 7.37. The van der Waals surface area contributed by atoms with E-state index in [4.69, 9.17) is 14.2 Å². The molecule has 5 nitrogen and oxygen atoms in total. The number of halogens is 2. The Labute approximate surface area is 144 Å². The molecule has 0 aliphatic heterocycles. The molecular weight excluding hydrogens is 438 g/mol. The maximum atomic E-state index is 12.4. The molecule has 0 radical (unpaired) electrons. The summed E-state index contributed by atoms with van der Waals surface area (Å²) in [5.74, 6) is 0.169. The standard InChI is InChI=1S/C14H9Br2NO4S/c1-20-13-6-9(8-17)2-5-12(13)21-22(18,19)14-7-10(15)3-4-11(14)16/h2-7H,1H3. The Morgan fingerprint density at radius 1 is 1.09 bits per heavy atom. The number of ether oxygens (including phenoxy) is 1. The van der Waals surface area contributed by atoms with Gasteiger partial charge in [-0.25, -0.2) is 0 Å². The molecule has 0 saturated carbocycles. The van der Waals surface area contributed by atoms with Gasteiger partial charge >= 0.3 is 10.1 Å². The third kappa shape index (κ3) is 3.61. The van der Waals surface area contributed by atoms with Gasteiger partial charge in [-0.15, -0.1) is 0 Å². The molecule has 0 bridgehead atoms. The van der Waals surface area contributed by atoms with Crippen molar-refractivity contribution in [3.05, 3.63) is 50.9 Å². The monoisotopic (exact) mass is 445 g/mol. The Kier molecular flexibility index (Phi) is 5.11. The molecule has 2 rings (SSSR count). The van der Waals surface area contributed by atoms with Gasteiger partial charge in [-0.1, -0.05) is 15.9 Å². The molecule has 0 saturated heterocycles. The van der Waals surface area contributed by atoms with E-state index >= 15 is 0 Å². The van der Waals surface area contributed by atoms with E-state index in [0.29, 0.717) is 14.5 Å². The van der Waals surface area contributed by atoms with E-state index in [1.54, 1.807) is 12.1 Å². The summed E-state index contributed by atoms with van der Waals surface area (Å²) in [5.41, 5.74) is 0.338. The van der Waals surface area contributed by atoms with Gasteiger partial charge in [0.25, 0.3) is 0 Å². The smallest absolute Gasteiger partial charge is 0.340 e. The number of rotatable bonds is 4. The number of nitrogens with zero attached hydrogens (tertiary/aromatic N) is 1. The Morgan fingerprint density at radius 3 is 2.45 bits per heavy atom. The molecule has 0 fully saturated rings. The van der Waals surface area contributed by atoms with Gasteiger partial charge < -0.3 is 8.92 Å². The molecule has 0 N–H and O–H groups in total. The third-order valence-electron chi connectivity index (χ3n) is 2.65. The summed E-state index contributed by atoms with van der Waals surface area (Å²) in [4.78, 5) is -0.0201. The van der Waals surface area contributed by atoms with Crippen LogP contribution in [0.25, 0.3) is 0 Å². The lowest BCUT2D eigenvalue weighted by atomic mass is 10.2. The van der Waals surface area contributed by atoms with Crippen molar-refractivity contribution in [2.75, 3.05) is 7.11 Å². The summed E-state index contributed by atoms with van der Waals surface area (Å²) < 4.78 is 36.0. The van der Waals surface area contributed by atoms with Gasteiger partial charge in [-0.05, 0) is 46.3 Å². The summed E-state index contributed by atoms with van der Waals surface area (Å²) >= 11 is 6.40. The highest BCUT2D eigenvalue weighted by molar-refractivity contribution is 9.11. The van der Waals surface area contributed by atoms with E-state index in [9.17, 15) is 8.42 Å². The largest absolute Gasteiger partial charge is 0.493 e. The van der Waals surface area contributed by atoms with Crippen molar-refractivity contribution in [2.24, 2.45) is 0 Å². The maximum Gasteiger partial charge on any atom is 0.340 e. The highest BCUT2D eigenvalue weighted by atomic mass is 79.9. The van der Waals surface area contributed by atoms with Crippen molar-refractivity contribution < 1.29 is 17.3 Å². The van der Waals surface area contributed by atoms with Gasteiger partial charge in [0.2, 0.25) is 0 Å². The lowest BCUT2D eigenvalue weighted by Crippen LogP contribution is -2.11. The van der Waals surface area contributed by atoms with Gasteiger partial charge in [-0.2, -0.15) is 13.7 Å². The van der Waals surface area contributed by atoms with Gasteiger partial charge in [0.15, 0.2) is 11.5 Å². The van der Waals surface area contributed by atoms with Crippen LogP contribution in [0.2, 0.25) is 0 Å². The molecule has 8 heteroatoms. The van der Waals surface area contributed by atoms with E-state index in [0.717, 1.165) is 0 Å². The molecule has 0 amide bonds. The number of hydrogen-bond donors (Lipinski definition) is 0. The summed E-state index contributed by atoms with van der Waals surface area (Å²) in [6, 6.07) is 10.9. The number of hydrogen-bond acceptors (Lipinski definition) is 5. The summed E-state index contributed by atoms with van der Waals surface area (Å²) in [7, 11) is -2.69. The molecule has 0 atom stereocenters. The molecular formula is C14H9Br2NO4S. The molecule has 0 aliphatic carbocycles. The third-order valence-corrected chi connectivity index (χ3v) is 5.38. The fraction of sp³-hybridized carbons (Fsp3) is 0.0714. The van der Waals surface area contributed by atoms with Crippen LogP contribution >= 0.6 is 31.9 Å². The van der Waals surface area contributed by atoms with E-state index in [1.165, 1.54) is 31.4 Å². The van der Waals surface area contributed by atoms with Crippen molar-refractivity contribution in [3.8, 4) is 17.6 Å². The number of nitriles is 1. The van der Waals surface area contributed by atoms with Crippen molar-refractivity contribution in [1.82, 2.24) is 0 Å². The van der Waals surface area contributed by atoms with Crippen LogP contribution in [-0.2, 0) is 10.1 Å². The first-order valence-corrected chi connectivity index (χ1v) is 8.84. The second-order valence-electron chi connectivity index (χ2n) is 4.09. The van der Waals surface area contributed by atoms with Crippen molar-refractivity contribution in [1.29, 1.82) is 5.26 Å². The molecule has 22 heavy (non-hydrogen) atoms. The fourth-order valence-electron chi connectivity index (χ4n) is 1.64. The van der Waals surface area contributed by atoms with Gasteiger partial charge in [0, 0.05) is 15.0 Å². The first-order chi connectivity index (χ1) is 10.4. The minimum atomic E-state index is -4.06. The highest BCUT2D eigenvalue weighted by Crippen LogP contribution is 2.33. The van der Waals surface area contributed by atoms with Crippen LogP contribution in [0.4, 0.5) is 0 Å². The quantitative estimate of drug-likeness (QED) is 0.666. The van der Waals surface area contributed by atoms with Crippen LogP contribution in [0.15, 0.2) is 50.2 Å². The number of benzene rings is 2. The van der Waals surface area contributed by atoms with Gasteiger partial charge in [-0.3, -0.25) is 0 Å². The summed E-state index contributed by atoms with van der Waals surface area (Å²) in [6.07, 6.45) is 0. The zero-order valence-corrected chi connectivity index (χ0v) is 15.2. The van der Waals surface area contributed by atoms with E-state index in [-0.39, 0.29) is 16.4 Å². The van der Waals surface area contributed by atoms with Crippen molar-refractivity contribution >= 4 is 42.0 Å². The average molecular weight is 447 g/mol. The molecule has 0 aliphatic rings. The Morgan fingerprint density at radius 2 is 1.82 bits per heavy atom. The molecule has 114 valence electrons. The Bertz CT molecular complexity index is 860. The molecule has 0 spiro atoms. The second kappa shape index (κ2) is 6.69. The van der Waals surface area contributed by atoms with Crippen LogP contribution in [0.1, 0.15) is 5.56 Å². The average Bonchev–Trinajstić information content (AvgIpc) is 2.49. The van der Waals surface area contributed by atoms with Crippen molar-refractivity contribution in [2.45, 2.75) is 4.90 Å². The molecule has 0 heterocycles. The van der Waals surface area contributed by atoms with Crippen LogP contribution in [-0.4, -0.2) is 15.5 Å². The van der Waals surface area contributed by atoms with E-state index in [2.05, 4.69) is 31.9 Å². The zero-order valence-electron chi connectivity index (χ0n) is 11.2.